The lowest BCUT2D eigenvalue weighted by atomic mass is 9.94. The molecule has 0 aliphatic carbocycles. The zero-order valence-electron chi connectivity index (χ0n) is 7.90. The van der Waals surface area contributed by atoms with Crippen LogP contribution in [0.4, 0.5) is 0 Å². The molecule has 0 spiro atoms. The number of nitrogens with two attached hydrogens (primary N) is 1. The summed E-state index contributed by atoms with van der Waals surface area (Å²) in [6.45, 7) is 0.883. The Labute approximate surface area is 82.8 Å². The molecule has 2 rings (SSSR count). The molecule has 0 amide bonds. The van der Waals surface area contributed by atoms with Gasteiger partial charge in [0.2, 0.25) is 0 Å². The van der Waals surface area contributed by atoms with Gasteiger partial charge in [-0.3, -0.25) is 0 Å². The molecule has 0 saturated carbocycles. The van der Waals surface area contributed by atoms with Crippen molar-refractivity contribution in [3.63, 3.8) is 0 Å². The van der Waals surface area contributed by atoms with E-state index in [2.05, 4.69) is 17.4 Å². The zero-order chi connectivity index (χ0) is 9.97. The number of fused-ring (bicyclic) bond motifs is 1. The van der Waals surface area contributed by atoms with Crippen LogP contribution in [0.2, 0.25) is 0 Å². The van der Waals surface area contributed by atoms with Crippen LogP contribution in [0.5, 0.6) is 0 Å². The summed E-state index contributed by atoms with van der Waals surface area (Å²) in [6, 6.07) is 8.34. The first-order chi connectivity index (χ1) is 6.75. The highest BCUT2D eigenvalue weighted by atomic mass is 16.4. The monoisotopic (exact) mass is 191 g/mol. The molecule has 1 aliphatic rings. The second-order valence-corrected chi connectivity index (χ2v) is 3.75. The molecule has 0 bridgehead atoms. The molecule has 1 aromatic carbocycles. The van der Waals surface area contributed by atoms with Crippen LogP contribution in [-0.4, -0.2) is 12.0 Å². The summed E-state index contributed by atoms with van der Waals surface area (Å²) < 4.78 is 0. The molecule has 0 saturated heterocycles. The van der Waals surface area contributed by atoms with E-state index in [0.29, 0.717) is 0 Å². The van der Waals surface area contributed by atoms with Crippen molar-refractivity contribution in [3.05, 3.63) is 35.4 Å². The first-order valence-corrected chi connectivity index (χ1v) is 4.85. The maximum absolute atomic E-state index is 10.4. The Bertz CT molecular complexity index is 349. The van der Waals surface area contributed by atoms with Crippen LogP contribution >= 0.6 is 0 Å². The number of rotatable bonds is 2. The van der Waals surface area contributed by atoms with E-state index in [1.165, 1.54) is 11.1 Å². The lowest BCUT2D eigenvalue weighted by Gasteiger charge is -2.23. The molecule has 2 N–H and O–H groups in total. The Morgan fingerprint density at radius 1 is 1.43 bits per heavy atom. The molecule has 0 fully saturated rings. The van der Waals surface area contributed by atoms with Gasteiger partial charge in [0.25, 0.3) is 0 Å². The van der Waals surface area contributed by atoms with Crippen LogP contribution < -0.4 is 10.4 Å². The van der Waals surface area contributed by atoms with Gasteiger partial charge >= 0.3 is 0 Å². The predicted molar refractivity (Wildman–Crippen MR) is 49.2 cm³/mol. The van der Waals surface area contributed by atoms with Gasteiger partial charge in [-0.05, 0) is 5.56 Å². The highest BCUT2D eigenvalue weighted by Crippen LogP contribution is 2.13. The Kier molecular flexibility index (Phi) is 2.50. The minimum Gasteiger partial charge on any atom is -0.550 e. The molecule has 0 unspecified atom stereocenters. The van der Waals surface area contributed by atoms with Crippen LogP contribution in [0, 0.1) is 0 Å². The van der Waals surface area contributed by atoms with Gasteiger partial charge in [0.15, 0.2) is 0 Å². The molecule has 0 radical (unpaired) electrons. The SMILES string of the molecule is O=C([O-])C[C@H]1Cc2ccccc2C[NH2+]1. The van der Waals surface area contributed by atoms with Crippen molar-refractivity contribution < 1.29 is 15.2 Å². The highest BCUT2D eigenvalue weighted by Gasteiger charge is 2.20. The number of carbonyl (C=O) groups excluding carboxylic acids is 1. The Morgan fingerprint density at radius 3 is 2.86 bits per heavy atom. The number of benzene rings is 1. The fraction of sp³-hybridized carbons (Fsp3) is 0.364. The van der Waals surface area contributed by atoms with Gasteiger partial charge < -0.3 is 15.2 Å². The van der Waals surface area contributed by atoms with E-state index >= 15 is 0 Å². The van der Waals surface area contributed by atoms with Crippen molar-refractivity contribution in [3.8, 4) is 0 Å². The van der Waals surface area contributed by atoms with Crippen LogP contribution in [0.1, 0.15) is 17.5 Å². The fourth-order valence-electron chi connectivity index (χ4n) is 1.98. The summed E-state index contributed by atoms with van der Waals surface area (Å²) in [5.74, 6) is -0.953. The Balaban J connectivity index is 2.09. The average Bonchev–Trinajstić information content (AvgIpc) is 2.17. The first-order valence-electron chi connectivity index (χ1n) is 4.85. The second kappa shape index (κ2) is 3.80. The quantitative estimate of drug-likeness (QED) is 0.639. The molecule has 1 aliphatic heterocycles. The van der Waals surface area contributed by atoms with E-state index in [-0.39, 0.29) is 12.5 Å². The second-order valence-electron chi connectivity index (χ2n) is 3.75. The smallest absolute Gasteiger partial charge is 0.102 e. The minimum atomic E-state index is -0.953. The van der Waals surface area contributed by atoms with Gasteiger partial charge in [-0.25, -0.2) is 0 Å². The Hall–Kier alpha value is -1.35. The van der Waals surface area contributed by atoms with Crippen LogP contribution in [0.3, 0.4) is 0 Å². The lowest BCUT2D eigenvalue weighted by molar-refractivity contribution is -0.707. The third-order valence-corrected chi connectivity index (χ3v) is 2.70. The van der Waals surface area contributed by atoms with E-state index in [4.69, 9.17) is 0 Å². The molecule has 74 valence electrons. The lowest BCUT2D eigenvalue weighted by Crippen LogP contribution is -2.90. The van der Waals surface area contributed by atoms with Gasteiger partial charge in [0.1, 0.15) is 6.54 Å². The van der Waals surface area contributed by atoms with Crippen LogP contribution in [-0.2, 0) is 17.8 Å². The summed E-state index contributed by atoms with van der Waals surface area (Å²) in [4.78, 5) is 10.4. The van der Waals surface area contributed by atoms with E-state index in [0.717, 1.165) is 13.0 Å². The molecule has 3 nitrogen and oxygen atoms in total. The molecule has 1 aromatic rings. The molecule has 14 heavy (non-hydrogen) atoms. The van der Waals surface area contributed by atoms with Crippen molar-refractivity contribution in [2.75, 3.05) is 0 Å². The van der Waals surface area contributed by atoms with Gasteiger partial charge in [0, 0.05) is 24.4 Å². The van der Waals surface area contributed by atoms with Crippen LogP contribution in [0.15, 0.2) is 24.3 Å². The zero-order valence-corrected chi connectivity index (χ0v) is 7.90. The topological polar surface area (TPSA) is 56.7 Å². The summed E-state index contributed by atoms with van der Waals surface area (Å²) in [6.07, 6.45) is 0.985. The van der Waals surface area contributed by atoms with Gasteiger partial charge in [0.05, 0.1) is 6.04 Å². The predicted octanol–water partition coefficient (Wildman–Crippen LogP) is -1.19. The summed E-state index contributed by atoms with van der Waals surface area (Å²) >= 11 is 0. The molecular weight excluding hydrogens is 178 g/mol. The maximum atomic E-state index is 10.4. The number of quaternary nitrogens is 1. The first kappa shape index (κ1) is 9.21. The molecule has 1 atom stereocenters. The summed E-state index contributed by atoms with van der Waals surface area (Å²) in [5.41, 5.74) is 2.60. The van der Waals surface area contributed by atoms with Gasteiger partial charge in [-0.15, -0.1) is 0 Å². The standard InChI is InChI=1S/C11H13NO2/c13-11(14)6-10-5-8-3-1-2-4-9(8)7-12-10/h1-4,10,12H,5-7H2,(H,13,14)/t10-/m1/s1. The summed E-state index contributed by atoms with van der Waals surface area (Å²) in [5, 5.41) is 12.5. The third kappa shape index (κ3) is 1.93. The van der Waals surface area contributed by atoms with E-state index < -0.39 is 5.97 Å². The van der Waals surface area contributed by atoms with Crippen molar-refractivity contribution in [1.82, 2.24) is 0 Å². The highest BCUT2D eigenvalue weighted by molar-refractivity contribution is 5.64. The summed E-state index contributed by atoms with van der Waals surface area (Å²) in [7, 11) is 0. The Morgan fingerprint density at radius 2 is 2.14 bits per heavy atom. The van der Waals surface area contributed by atoms with E-state index in [1.807, 2.05) is 12.1 Å². The van der Waals surface area contributed by atoms with Crippen molar-refractivity contribution >= 4 is 5.97 Å². The number of hydrogen-bond donors (Lipinski definition) is 1. The molecule has 1 heterocycles. The molecular formula is C11H13NO2. The third-order valence-electron chi connectivity index (χ3n) is 2.70. The normalized spacial score (nSPS) is 20.1. The number of carboxylic acid groups (broad SMARTS) is 1. The van der Waals surface area contributed by atoms with Crippen LogP contribution in [0.25, 0.3) is 0 Å². The van der Waals surface area contributed by atoms with Crippen molar-refractivity contribution in [2.45, 2.75) is 25.4 Å². The van der Waals surface area contributed by atoms with E-state index in [1.54, 1.807) is 0 Å². The largest absolute Gasteiger partial charge is 0.550 e. The average molecular weight is 191 g/mol. The number of hydrogen-bond acceptors (Lipinski definition) is 2. The van der Waals surface area contributed by atoms with E-state index in [9.17, 15) is 9.90 Å². The number of carboxylic acids is 1. The van der Waals surface area contributed by atoms with Gasteiger partial charge in [-0.2, -0.15) is 0 Å². The number of carbonyl (C=O) groups is 1. The maximum Gasteiger partial charge on any atom is 0.102 e. The molecule has 3 heteroatoms. The van der Waals surface area contributed by atoms with Crippen molar-refractivity contribution in [1.29, 1.82) is 0 Å². The minimum absolute atomic E-state index is 0.147. The number of aliphatic carboxylic acids is 1. The van der Waals surface area contributed by atoms with Gasteiger partial charge in [-0.1, -0.05) is 24.3 Å². The van der Waals surface area contributed by atoms with Crippen molar-refractivity contribution in [2.24, 2.45) is 0 Å². The fourth-order valence-corrected chi connectivity index (χ4v) is 1.98. The molecule has 0 aromatic heterocycles.